The average Bonchev–Trinajstić information content (AvgIpc) is 2.65. The topological polar surface area (TPSA) is 27.3 Å². The second-order valence-electron chi connectivity index (χ2n) is 5.64. The summed E-state index contributed by atoms with van der Waals surface area (Å²) in [5, 5.41) is 6.47. The molecule has 1 aliphatic rings. The van der Waals surface area contributed by atoms with Crippen LogP contribution < -0.4 is 15.5 Å². The van der Waals surface area contributed by atoms with Crippen LogP contribution in [0.1, 0.15) is 0 Å². The third-order valence-electron chi connectivity index (χ3n) is 4.21. The van der Waals surface area contributed by atoms with Crippen molar-refractivity contribution in [3.8, 4) is 0 Å². The molecule has 0 unspecified atom stereocenters. The molecule has 120 valence electrons. The Morgan fingerprint density at radius 2 is 1.25 bits per heavy atom. The van der Waals surface area contributed by atoms with Gasteiger partial charge in [-0.15, -0.1) is 0 Å². The number of anilines is 5. The van der Waals surface area contributed by atoms with Gasteiger partial charge in [-0.2, -0.15) is 0 Å². The Hall–Kier alpha value is -2.59. The smallest absolute Gasteiger partial charge is 0.0603 e. The predicted molar refractivity (Wildman–Crippen MR) is 104 cm³/mol. The first-order valence-electron chi connectivity index (χ1n) is 7.97. The highest BCUT2D eigenvalue weighted by atomic mass is 32.2. The molecule has 0 fully saturated rings. The minimum absolute atomic E-state index is 1.13. The largest absolute Gasteiger partial charge is 0.388 e. The molecule has 3 nitrogen and oxygen atoms in total. The van der Waals surface area contributed by atoms with Gasteiger partial charge in [-0.25, -0.2) is 0 Å². The number of benzene rings is 3. The van der Waals surface area contributed by atoms with E-state index in [4.69, 9.17) is 0 Å². The van der Waals surface area contributed by atoms with Crippen molar-refractivity contribution < 1.29 is 0 Å². The normalized spacial score (nSPS) is 12.3. The molecule has 0 bridgehead atoms. The van der Waals surface area contributed by atoms with Crippen LogP contribution in [0.3, 0.4) is 0 Å². The Morgan fingerprint density at radius 1 is 0.708 bits per heavy atom. The van der Waals surface area contributed by atoms with Crippen molar-refractivity contribution in [2.45, 2.75) is 9.79 Å². The highest BCUT2D eigenvalue weighted by molar-refractivity contribution is 7.99. The van der Waals surface area contributed by atoms with Crippen LogP contribution in [0.4, 0.5) is 28.4 Å². The van der Waals surface area contributed by atoms with Crippen LogP contribution in [0.2, 0.25) is 0 Å². The van der Waals surface area contributed by atoms with Gasteiger partial charge in [-0.1, -0.05) is 30.0 Å². The zero-order valence-electron chi connectivity index (χ0n) is 13.7. The van der Waals surface area contributed by atoms with Gasteiger partial charge < -0.3 is 15.5 Å². The number of nitrogens with zero attached hydrogens (tertiary/aromatic N) is 1. The fraction of sp³-hybridized carbons (Fsp3) is 0.100. The maximum atomic E-state index is 3.23. The summed E-state index contributed by atoms with van der Waals surface area (Å²) in [4.78, 5) is 4.85. The van der Waals surface area contributed by atoms with Gasteiger partial charge in [-0.05, 0) is 48.5 Å². The SMILES string of the molecule is CNc1ccc2c(c1)Sc1cc(NC)ccc1N2c1ccccc1. The Labute approximate surface area is 146 Å². The van der Waals surface area contributed by atoms with Crippen molar-refractivity contribution >= 4 is 40.2 Å². The maximum Gasteiger partial charge on any atom is 0.0603 e. The number of fused-ring (bicyclic) bond motifs is 2. The highest BCUT2D eigenvalue weighted by Gasteiger charge is 2.25. The zero-order valence-corrected chi connectivity index (χ0v) is 14.5. The van der Waals surface area contributed by atoms with Crippen molar-refractivity contribution in [1.82, 2.24) is 0 Å². The minimum atomic E-state index is 1.13. The van der Waals surface area contributed by atoms with E-state index in [2.05, 4.69) is 82.3 Å². The molecule has 0 saturated carbocycles. The summed E-state index contributed by atoms with van der Waals surface area (Å²) < 4.78 is 0. The van der Waals surface area contributed by atoms with Gasteiger partial charge in [0.1, 0.15) is 0 Å². The molecule has 0 saturated heterocycles. The summed E-state index contributed by atoms with van der Waals surface area (Å²) in [6, 6.07) is 23.6. The van der Waals surface area contributed by atoms with Crippen LogP contribution in [0, 0.1) is 0 Å². The Balaban J connectivity index is 1.92. The monoisotopic (exact) mass is 333 g/mol. The molecular formula is C20H19N3S. The molecule has 1 aliphatic heterocycles. The summed E-state index contributed by atoms with van der Waals surface area (Å²) in [6.07, 6.45) is 0. The minimum Gasteiger partial charge on any atom is -0.388 e. The summed E-state index contributed by atoms with van der Waals surface area (Å²) in [6.45, 7) is 0. The predicted octanol–water partition coefficient (Wildman–Crippen LogP) is 5.70. The Bertz CT molecular complexity index is 824. The summed E-state index contributed by atoms with van der Waals surface area (Å²) >= 11 is 1.82. The summed E-state index contributed by atoms with van der Waals surface area (Å²) in [5.74, 6) is 0. The Kier molecular flexibility index (Phi) is 3.82. The molecule has 0 spiro atoms. The van der Waals surface area contributed by atoms with E-state index >= 15 is 0 Å². The summed E-state index contributed by atoms with van der Waals surface area (Å²) in [7, 11) is 3.91. The van der Waals surface area contributed by atoms with Gasteiger partial charge in [0.05, 0.1) is 11.4 Å². The van der Waals surface area contributed by atoms with E-state index in [9.17, 15) is 0 Å². The van der Waals surface area contributed by atoms with Crippen LogP contribution in [-0.2, 0) is 0 Å². The second kappa shape index (κ2) is 6.13. The molecular weight excluding hydrogens is 314 g/mol. The van der Waals surface area contributed by atoms with Crippen LogP contribution in [-0.4, -0.2) is 14.1 Å². The lowest BCUT2D eigenvalue weighted by atomic mass is 10.1. The fourth-order valence-corrected chi connectivity index (χ4v) is 4.11. The second-order valence-corrected chi connectivity index (χ2v) is 6.72. The van der Waals surface area contributed by atoms with Crippen molar-refractivity contribution in [3.05, 3.63) is 66.7 Å². The van der Waals surface area contributed by atoms with Crippen LogP contribution >= 0.6 is 11.8 Å². The van der Waals surface area contributed by atoms with E-state index in [0.717, 1.165) is 11.4 Å². The number of nitrogens with one attached hydrogen (secondary N) is 2. The molecule has 0 radical (unpaired) electrons. The first-order chi connectivity index (χ1) is 11.8. The standard InChI is InChI=1S/C20H19N3S/c1-21-14-8-10-17-19(12-14)24-20-13-15(22-2)9-11-18(20)23(17)16-6-4-3-5-7-16/h3-13,21-22H,1-2H3. The van der Waals surface area contributed by atoms with E-state index in [1.165, 1.54) is 26.9 Å². The van der Waals surface area contributed by atoms with Crippen molar-refractivity contribution in [2.24, 2.45) is 0 Å². The molecule has 1 heterocycles. The van der Waals surface area contributed by atoms with Crippen molar-refractivity contribution in [1.29, 1.82) is 0 Å². The number of rotatable bonds is 3. The number of hydrogen-bond donors (Lipinski definition) is 2. The molecule has 2 N–H and O–H groups in total. The van der Waals surface area contributed by atoms with Crippen molar-refractivity contribution in [3.63, 3.8) is 0 Å². The average molecular weight is 333 g/mol. The molecule has 4 heteroatoms. The Morgan fingerprint density at radius 3 is 1.75 bits per heavy atom. The first kappa shape index (κ1) is 15.0. The number of hydrogen-bond acceptors (Lipinski definition) is 4. The van der Waals surface area contributed by atoms with Gasteiger partial charge in [0.15, 0.2) is 0 Å². The molecule has 3 aromatic carbocycles. The molecule has 3 aromatic rings. The van der Waals surface area contributed by atoms with Gasteiger partial charge in [0, 0.05) is 40.9 Å². The van der Waals surface area contributed by atoms with Crippen LogP contribution in [0.25, 0.3) is 0 Å². The molecule has 0 amide bonds. The molecule has 0 aromatic heterocycles. The number of para-hydroxylation sites is 1. The van der Waals surface area contributed by atoms with Crippen LogP contribution in [0.15, 0.2) is 76.5 Å². The molecule has 24 heavy (non-hydrogen) atoms. The van der Waals surface area contributed by atoms with E-state index in [1.54, 1.807) is 0 Å². The zero-order chi connectivity index (χ0) is 16.5. The van der Waals surface area contributed by atoms with E-state index < -0.39 is 0 Å². The lowest BCUT2D eigenvalue weighted by Gasteiger charge is -2.33. The summed E-state index contributed by atoms with van der Waals surface area (Å²) in [5.41, 5.74) is 5.87. The van der Waals surface area contributed by atoms with Gasteiger partial charge in [0.2, 0.25) is 0 Å². The lowest BCUT2D eigenvalue weighted by molar-refractivity contribution is 1.16. The first-order valence-corrected chi connectivity index (χ1v) is 8.78. The maximum absolute atomic E-state index is 3.23. The van der Waals surface area contributed by atoms with Gasteiger partial charge in [0.25, 0.3) is 0 Å². The van der Waals surface area contributed by atoms with E-state index in [-0.39, 0.29) is 0 Å². The van der Waals surface area contributed by atoms with E-state index in [1.807, 2.05) is 25.9 Å². The van der Waals surface area contributed by atoms with Gasteiger partial charge in [-0.3, -0.25) is 0 Å². The highest BCUT2D eigenvalue weighted by Crippen LogP contribution is 2.52. The molecule has 4 rings (SSSR count). The van der Waals surface area contributed by atoms with Crippen molar-refractivity contribution in [2.75, 3.05) is 29.6 Å². The van der Waals surface area contributed by atoms with E-state index in [0.29, 0.717) is 0 Å². The molecule has 0 aliphatic carbocycles. The third kappa shape index (κ3) is 2.49. The molecule has 0 atom stereocenters. The van der Waals surface area contributed by atoms with Gasteiger partial charge >= 0.3 is 0 Å². The lowest BCUT2D eigenvalue weighted by Crippen LogP contribution is -2.15. The third-order valence-corrected chi connectivity index (χ3v) is 5.31. The fourth-order valence-electron chi connectivity index (χ4n) is 2.98. The van der Waals surface area contributed by atoms with Crippen LogP contribution in [0.5, 0.6) is 0 Å². The quantitative estimate of drug-likeness (QED) is 0.502.